The summed E-state index contributed by atoms with van der Waals surface area (Å²) in [5, 5.41) is 3.59. The number of pyridine rings is 1. The van der Waals surface area contributed by atoms with Crippen LogP contribution in [0.3, 0.4) is 0 Å². The van der Waals surface area contributed by atoms with E-state index in [1.54, 1.807) is 0 Å². The van der Waals surface area contributed by atoms with Gasteiger partial charge in [0.25, 0.3) is 0 Å². The van der Waals surface area contributed by atoms with E-state index in [9.17, 15) is 0 Å². The second kappa shape index (κ2) is 5.44. The highest BCUT2D eigenvalue weighted by atomic mass is 15.0. The Morgan fingerprint density at radius 2 is 2.00 bits per heavy atom. The maximum atomic E-state index is 4.63. The van der Waals surface area contributed by atoms with Crippen molar-refractivity contribution in [2.75, 3.05) is 6.54 Å². The topological polar surface area (TPSA) is 24.9 Å². The summed E-state index contributed by atoms with van der Waals surface area (Å²) in [5.74, 6) is 0. The first kappa shape index (κ1) is 13.2. The number of nitrogens with one attached hydrogen (secondary N) is 1. The summed E-state index contributed by atoms with van der Waals surface area (Å²) in [7, 11) is 0. The Kier molecular flexibility index (Phi) is 4.48. The zero-order valence-corrected chi connectivity index (χ0v) is 11.2. The van der Waals surface area contributed by atoms with Gasteiger partial charge in [-0.25, -0.2) is 0 Å². The van der Waals surface area contributed by atoms with Gasteiger partial charge in [0.05, 0.1) is 11.7 Å². The van der Waals surface area contributed by atoms with Crippen LogP contribution in [0.15, 0.2) is 18.2 Å². The summed E-state index contributed by atoms with van der Waals surface area (Å²) in [4.78, 5) is 4.63. The molecule has 0 radical (unpaired) electrons. The molecule has 2 heteroatoms. The molecule has 1 atom stereocenters. The molecule has 0 saturated carbocycles. The van der Waals surface area contributed by atoms with Gasteiger partial charge < -0.3 is 5.32 Å². The molecule has 16 heavy (non-hydrogen) atoms. The monoisotopic (exact) mass is 220 g/mol. The fraction of sp³-hybridized carbons (Fsp3) is 0.643. The number of nitrogens with zero attached hydrogens (tertiary/aromatic N) is 1. The van der Waals surface area contributed by atoms with E-state index >= 15 is 0 Å². The smallest absolute Gasteiger partial charge is 0.0581 e. The van der Waals surface area contributed by atoms with Crippen molar-refractivity contribution in [1.82, 2.24) is 10.3 Å². The lowest BCUT2D eigenvalue weighted by Crippen LogP contribution is -2.33. The van der Waals surface area contributed by atoms with Gasteiger partial charge in [-0.15, -0.1) is 0 Å². The van der Waals surface area contributed by atoms with E-state index in [-0.39, 0.29) is 5.41 Å². The van der Waals surface area contributed by atoms with Gasteiger partial charge in [-0.2, -0.15) is 0 Å². The van der Waals surface area contributed by atoms with Gasteiger partial charge in [-0.1, -0.05) is 33.8 Å². The van der Waals surface area contributed by atoms with Crippen molar-refractivity contribution >= 4 is 0 Å². The van der Waals surface area contributed by atoms with Crippen LogP contribution in [0.4, 0.5) is 0 Å². The molecule has 1 unspecified atom stereocenters. The lowest BCUT2D eigenvalue weighted by Gasteiger charge is -2.31. The van der Waals surface area contributed by atoms with Gasteiger partial charge in [-0.05, 0) is 37.4 Å². The Morgan fingerprint density at radius 1 is 1.31 bits per heavy atom. The van der Waals surface area contributed by atoms with Gasteiger partial charge in [-0.3, -0.25) is 4.98 Å². The standard InChI is InChI=1S/C14H24N2/c1-6-10-15-13(14(3,4)5)12-9-7-8-11(2)16-12/h7-9,13,15H,6,10H2,1-5H3. The predicted molar refractivity (Wildman–Crippen MR) is 69.5 cm³/mol. The highest BCUT2D eigenvalue weighted by molar-refractivity contribution is 5.15. The Balaban J connectivity index is 2.92. The van der Waals surface area contributed by atoms with Crippen LogP contribution in [-0.2, 0) is 0 Å². The Morgan fingerprint density at radius 3 is 2.50 bits per heavy atom. The van der Waals surface area contributed by atoms with Gasteiger partial charge in [0.1, 0.15) is 0 Å². The summed E-state index contributed by atoms with van der Waals surface area (Å²) in [5.41, 5.74) is 2.43. The minimum atomic E-state index is 0.190. The third-order valence-electron chi connectivity index (χ3n) is 2.67. The van der Waals surface area contributed by atoms with E-state index in [4.69, 9.17) is 0 Å². The molecule has 0 saturated heterocycles. The first-order chi connectivity index (χ1) is 7.45. The molecular formula is C14H24N2. The van der Waals surface area contributed by atoms with Crippen molar-refractivity contribution in [3.63, 3.8) is 0 Å². The molecule has 0 amide bonds. The molecule has 0 bridgehead atoms. The van der Waals surface area contributed by atoms with Crippen LogP contribution in [0.1, 0.15) is 51.5 Å². The average Bonchev–Trinajstić information content (AvgIpc) is 2.16. The molecule has 1 aromatic heterocycles. The summed E-state index contributed by atoms with van der Waals surface area (Å²) >= 11 is 0. The number of aryl methyl sites for hydroxylation is 1. The Hall–Kier alpha value is -0.890. The number of hydrogen-bond donors (Lipinski definition) is 1. The Bertz CT molecular complexity index is 326. The second-order valence-corrected chi connectivity index (χ2v) is 5.46. The minimum absolute atomic E-state index is 0.190. The lowest BCUT2D eigenvalue weighted by atomic mass is 9.84. The molecule has 1 N–H and O–H groups in total. The average molecular weight is 220 g/mol. The fourth-order valence-corrected chi connectivity index (χ4v) is 1.87. The summed E-state index contributed by atoms with van der Waals surface area (Å²) in [6.07, 6.45) is 1.15. The fourth-order valence-electron chi connectivity index (χ4n) is 1.87. The van der Waals surface area contributed by atoms with Crippen LogP contribution in [0.5, 0.6) is 0 Å². The zero-order valence-electron chi connectivity index (χ0n) is 11.2. The van der Waals surface area contributed by atoms with Gasteiger partial charge in [0.2, 0.25) is 0 Å². The molecule has 0 spiro atoms. The van der Waals surface area contributed by atoms with Crippen LogP contribution in [0.25, 0.3) is 0 Å². The van der Waals surface area contributed by atoms with E-state index < -0.39 is 0 Å². The van der Waals surface area contributed by atoms with E-state index in [0.717, 1.165) is 24.4 Å². The number of hydrogen-bond acceptors (Lipinski definition) is 2. The molecule has 1 rings (SSSR count). The maximum Gasteiger partial charge on any atom is 0.0581 e. The highest BCUT2D eigenvalue weighted by Gasteiger charge is 2.26. The zero-order chi connectivity index (χ0) is 12.2. The van der Waals surface area contributed by atoms with Crippen molar-refractivity contribution in [2.24, 2.45) is 5.41 Å². The van der Waals surface area contributed by atoms with Crippen LogP contribution in [-0.4, -0.2) is 11.5 Å². The predicted octanol–water partition coefficient (Wildman–Crippen LogP) is 3.48. The minimum Gasteiger partial charge on any atom is -0.308 e. The molecule has 1 aromatic rings. The largest absolute Gasteiger partial charge is 0.308 e. The van der Waals surface area contributed by atoms with Crippen molar-refractivity contribution in [2.45, 2.75) is 47.1 Å². The third kappa shape index (κ3) is 3.60. The van der Waals surface area contributed by atoms with Crippen LogP contribution < -0.4 is 5.32 Å². The highest BCUT2D eigenvalue weighted by Crippen LogP contribution is 2.31. The normalized spacial score (nSPS) is 13.8. The molecule has 0 aliphatic rings. The number of aromatic nitrogens is 1. The summed E-state index contributed by atoms with van der Waals surface area (Å²) in [6.45, 7) is 12.0. The van der Waals surface area contributed by atoms with E-state index in [1.807, 2.05) is 13.0 Å². The molecule has 0 fully saturated rings. The van der Waals surface area contributed by atoms with E-state index in [2.05, 4.69) is 50.1 Å². The van der Waals surface area contributed by atoms with Gasteiger partial charge in [0.15, 0.2) is 0 Å². The molecule has 0 aliphatic heterocycles. The first-order valence-electron chi connectivity index (χ1n) is 6.12. The lowest BCUT2D eigenvalue weighted by molar-refractivity contribution is 0.268. The van der Waals surface area contributed by atoms with Crippen LogP contribution >= 0.6 is 0 Å². The molecule has 2 nitrogen and oxygen atoms in total. The van der Waals surface area contributed by atoms with Gasteiger partial charge in [0, 0.05) is 5.69 Å². The van der Waals surface area contributed by atoms with Crippen molar-refractivity contribution in [3.8, 4) is 0 Å². The van der Waals surface area contributed by atoms with Crippen molar-refractivity contribution in [3.05, 3.63) is 29.6 Å². The molecular weight excluding hydrogens is 196 g/mol. The Labute approximate surface area is 99.5 Å². The maximum absolute atomic E-state index is 4.63. The van der Waals surface area contributed by atoms with Crippen LogP contribution in [0.2, 0.25) is 0 Å². The third-order valence-corrected chi connectivity index (χ3v) is 2.67. The van der Waals surface area contributed by atoms with Gasteiger partial charge >= 0.3 is 0 Å². The second-order valence-electron chi connectivity index (χ2n) is 5.46. The van der Waals surface area contributed by atoms with E-state index in [1.165, 1.54) is 0 Å². The SMILES string of the molecule is CCCNC(c1cccc(C)n1)C(C)(C)C. The molecule has 1 heterocycles. The van der Waals surface area contributed by atoms with Crippen LogP contribution in [0, 0.1) is 12.3 Å². The molecule has 0 aromatic carbocycles. The molecule has 0 aliphatic carbocycles. The number of rotatable bonds is 4. The molecule has 90 valence electrons. The first-order valence-corrected chi connectivity index (χ1v) is 6.12. The quantitative estimate of drug-likeness (QED) is 0.840. The summed E-state index contributed by atoms with van der Waals surface area (Å²) in [6, 6.07) is 6.57. The summed E-state index contributed by atoms with van der Waals surface area (Å²) < 4.78 is 0. The van der Waals surface area contributed by atoms with Crippen molar-refractivity contribution < 1.29 is 0 Å². The van der Waals surface area contributed by atoms with E-state index in [0.29, 0.717) is 6.04 Å². The van der Waals surface area contributed by atoms with Crippen molar-refractivity contribution in [1.29, 1.82) is 0 Å².